The van der Waals surface area contributed by atoms with Crippen molar-refractivity contribution in [2.75, 3.05) is 13.2 Å². The quantitative estimate of drug-likeness (QED) is 0.608. The maximum Gasteiger partial charge on any atom is 0.0794 e. The van der Waals surface area contributed by atoms with Gasteiger partial charge in [0, 0.05) is 18.8 Å². The number of aliphatic hydroxyl groups excluding tert-OH is 1. The number of nitrogens with one attached hydrogen (secondary N) is 2. The topological polar surface area (TPSA) is 60.9 Å². The van der Waals surface area contributed by atoms with E-state index in [9.17, 15) is 0 Å². The lowest BCUT2D eigenvalue weighted by Gasteiger charge is -2.11. The highest BCUT2D eigenvalue weighted by Crippen LogP contribution is 2.21. The summed E-state index contributed by atoms with van der Waals surface area (Å²) < 4.78 is 0. The molecule has 0 unspecified atom stereocenters. The van der Waals surface area contributed by atoms with Crippen molar-refractivity contribution in [3.63, 3.8) is 0 Å². The lowest BCUT2D eigenvalue weighted by Crippen LogP contribution is -2.18. The second kappa shape index (κ2) is 4.57. The minimum Gasteiger partial charge on any atom is -0.395 e. The van der Waals surface area contributed by atoms with E-state index in [0.29, 0.717) is 6.54 Å². The number of aryl methyl sites for hydroxylation is 1. The van der Waals surface area contributed by atoms with Gasteiger partial charge < -0.3 is 10.4 Å². The van der Waals surface area contributed by atoms with E-state index in [-0.39, 0.29) is 6.61 Å². The van der Waals surface area contributed by atoms with E-state index in [0.717, 1.165) is 25.1 Å². The Bertz CT molecular complexity index is 296. The Balaban J connectivity index is 1.99. The van der Waals surface area contributed by atoms with Gasteiger partial charge in [0.05, 0.1) is 12.3 Å². The predicted octanol–water partition coefficient (Wildman–Crippen LogP) is 0.370. The van der Waals surface area contributed by atoms with Gasteiger partial charge in [0.25, 0.3) is 0 Å². The predicted molar refractivity (Wildman–Crippen MR) is 54.0 cm³/mol. The number of H-pyrrole nitrogens is 1. The Hall–Kier alpha value is -0.870. The van der Waals surface area contributed by atoms with E-state index in [4.69, 9.17) is 5.11 Å². The van der Waals surface area contributed by atoms with Crippen molar-refractivity contribution in [2.45, 2.75) is 32.2 Å². The highest BCUT2D eigenvalue weighted by Gasteiger charge is 2.15. The van der Waals surface area contributed by atoms with Gasteiger partial charge in [0.2, 0.25) is 0 Å². The maximum absolute atomic E-state index is 8.64. The van der Waals surface area contributed by atoms with Crippen LogP contribution in [0.5, 0.6) is 0 Å². The van der Waals surface area contributed by atoms with Crippen LogP contribution in [0.15, 0.2) is 0 Å². The Labute approximate surface area is 83.7 Å². The fourth-order valence-corrected chi connectivity index (χ4v) is 1.98. The summed E-state index contributed by atoms with van der Waals surface area (Å²) in [6.07, 6.45) is 4.85. The Morgan fingerprint density at radius 3 is 3.07 bits per heavy atom. The first-order valence-electron chi connectivity index (χ1n) is 5.28. The van der Waals surface area contributed by atoms with Crippen molar-refractivity contribution in [2.24, 2.45) is 0 Å². The number of rotatable bonds is 4. The third kappa shape index (κ3) is 1.96. The van der Waals surface area contributed by atoms with Crippen molar-refractivity contribution in [3.8, 4) is 0 Å². The van der Waals surface area contributed by atoms with Crippen LogP contribution in [-0.2, 0) is 19.4 Å². The van der Waals surface area contributed by atoms with Crippen LogP contribution >= 0.6 is 0 Å². The lowest BCUT2D eigenvalue weighted by molar-refractivity contribution is 0.291. The van der Waals surface area contributed by atoms with E-state index in [1.165, 1.54) is 24.1 Å². The summed E-state index contributed by atoms with van der Waals surface area (Å²) in [6.45, 7) is 1.60. The third-order valence-corrected chi connectivity index (χ3v) is 2.72. The number of aromatic amines is 1. The Morgan fingerprint density at radius 1 is 1.36 bits per heavy atom. The first-order chi connectivity index (χ1) is 6.92. The van der Waals surface area contributed by atoms with Gasteiger partial charge in [-0.3, -0.25) is 5.10 Å². The summed E-state index contributed by atoms with van der Waals surface area (Å²) in [5.41, 5.74) is 3.85. The minimum absolute atomic E-state index is 0.187. The van der Waals surface area contributed by atoms with Gasteiger partial charge in [-0.05, 0) is 31.2 Å². The zero-order chi connectivity index (χ0) is 9.80. The summed E-state index contributed by atoms with van der Waals surface area (Å²) >= 11 is 0. The van der Waals surface area contributed by atoms with Crippen LogP contribution in [0.2, 0.25) is 0 Å². The van der Waals surface area contributed by atoms with Gasteiger partial charge in [-0.25, -0.2) is 0 Å². The van der Waals surface area contributed by atoms with Crippen LogP contribution < -0.4 is 5.32 Å². The molecule has 78 valence electrons. The monoisotopic (exact) mass is 195 g/mol. The molecule has 4 nitrogen and oxygen atoms in total. The van der Waals surface area contributed by atoms with Crippen molar-refractivity contribution in [1.82, 2.24) is 15.5 Å². The molecule has 0 amide bonds. The highest BCUT2D eigenvalue weighted by molar-refractivity contribution is 5.27. The average Bonchev–Trinajstić information content (AvgIpc) is 2.63. The summed E-state index contributed by atoms with van der Waals surface area (Å²) in [7, 11) is 0. The second-order valence-corrected chi connectivity index (χ2v) is 3.73. The van der Waals surface area contributed by atoms with Gasteiger partial charge in [-0.2, -0.15) is 5.10 Å². The number of nitrogens with zero attached hydrogens (tertiary/aromatic N) is 1. The smallest absolute Gasteiger partial charge is 0.0794 e. The number of aromatic nitrogens is 2. The first kappa shape index (κ1) is 9.68. The molecule has 0 aliphatic heterocycles. The molecular weight excluding hydrogens is 178 g/mol. The molecule has 0 bridgehead atoms. The molecule has 4 heteroatoms. The maximum atomic E-state index is 8.64. The number of fused-ring (bicyclic) bond motifs is 1. The Morgan fingerprint density at radius 2 is 2.21 bits per heavy atom. The molecule has 3 N–H and O–H groups in total. The number of hydrogen-bond acceptors (Lipinski definition) is 3. The molecule has 2 rings (SSSR count). The summed E-state index contributed by atoms with van der Waals surface area (Å²) in [6, 6.07) is 0. The van der Waals surface area contributed by atoms with Crippen LogP contribution in [-0.4, -0.2) is 28.5 Å². The molecule has 0 aromatic carbocycles. The van der Waals surface area contributed by atoms with Crippen molar-refractivity contribution in [3.05, 3.63) is 17.0 Å². The molecule has 0 saturated heterocycles. The normalized spacial score (nSPS) is 15.5. The molecule has 1 aliphatic carbocycles. The van der Waals surface area contributed by atoms with Gasteiger partial charge in [0.15, 0.2) is 0 Å². The van der Waals surface area contributed by atoms with E-state index >= 15 is 0 Å². The zero-order valence-corrected chi connectivity index (χ0v) is 8.34. The molecule has 1 heterocycles. The van der Waals surface area contributed by atoms with Crippen LogP contribution in [0.3, 0.4) is 0 Å². The van der Waals surface area contributed by atoms with Crippen molar-refractivity contribution >= 4 is 0 Å². The molecule has 0 radical (unpaired) electrons. The van der Waals surface area contributed by atoms with E-state index in [2.05, 4.69) is 15.5 Å². The lowest BCUT2D eigenvalue weighted by atomic mass is 9.96. The van der Waals surface area contributed by atoms with Crippen molar-refractivity contribution < 1.29 is 5.11 Å². The largest absolute Gasteiger partial charge is 0.395 e. The SMILES string of the molecule is OCCNCc1n[nH]c2c1CCCC2. The molecule has 0 fully saturated rings. The fourth-order valence-electron chi connectivity index (χ4n) is 1.98. The number of hydrogen-bond donors (Lipinski definition) is 3. The standard InChI is InChI=1S/C10H17N3O/c14-6-5-11-7-10-8-3-1-2-4-9(8)12-13-10/h11,14H,1-7H2,(H,12,13). The molecule has 0 spiro atoms. The van der Waals surface area contributed by atoms with E-state index in [1.807, 2.05) is 0 Å². The highest BCUT2D eigenvalue weighted by atomic mass is 16.3. The van der Waals surface area contributed by atoms with Crippen LogP contribution in [0, 0.1) is 0 Å². The molecule has 0 atom stereocenters. The first-order valence-corrected chi connectivity index (χ1v) is 5.28. The second-order valence-electron chi connectivity index (χ2n) is 3.73. The van der Waals surface area contributed by atoms with Gasteiger partial charge in [-0.15, -0.1) is 0 Å². The molecular formula is C10H17N3O. The molecule has 1 aromatic rings. The van der Waals surface area contributed by atoms with E-state index < -0.39 is 0 Å². The van der Waals surface area contributed by atoms with Gasteiger partial charge >= 0.3 is 0 Å². The van der Waals surface area contributed by atoms with Crippen LogP contribution in [0.25, 0.3) is 0 Å². The zero-order valence-electron chi connectivity index (χ0n) is 8.34. The fraction of sp³-hybridized carbons (Fsp3) is 0.700. The summed E-state index contributed by atoms with van der Waals surface area (Å²) in [5, 5.41) is 19.2. The van der Waals surface area contributed by atoms with Crippen molar-refractivity contribution in [1.29, 1.82) is 0 Å². The van der Waals surface area contributed by atoms with Crippen LogP contribution in [0.4, 0.5) is 0 Å². The molecule has 1 aromatic heterocycles. The van der Waals surface area contributed by atoms with Gasteiger partial charge in [-0.1, -0.05) is 0 Å². The minimum atomic E-state index is 0.187. The Kier molecular flexibility index (Phi) is 3.16. The molecule has 14 heavy (non-hydrogen) atoms. The van der Waals surface area contributed by atoms with Gasteiger partial charge in [0.1, 0.15) is 0 Å². The molecule has 1 aliphatic rings. The van der Waals surface area contributed by atoms with Crippen LogP contribution in [0.1, 0.15) is 29.8 Å². The third-order valence-electron chi connectivity index (χ3n) is 2.72. The molecule has 0 saturated carbocycles. The summed E-state index contributed by atoms with van der Waals surface area (Å²) in [4.78, 5) is 0. The number of aliphatic hydroxyl groups is 1. The summed E-state index contributed by atoms with van der Waals surface area (Å²) in [5.74, 6) is 0. The average molecular weight is 195 g/mol. The van der Waals surface area contributed by atoms with E-state index in [1.54, 1.807) is 0 Å².